The Kier molecular flexibility index (Phi) is 2.32. The first-order valence-corrected chi connectivity index (χ1v) is 4.12. The number of aliphatic hydroxyl groups is 1. The fourth-order valence-corrected chi connectivity index (χ4v) is 1.57. The molecule has 0 aliphatic heterocycles. The molecule has 2 heteroatoms. The molecule has 0 heterocycles. The Hall–Kier alpha value is -0.790. The molecule has 0 aromatic heterocycles. The van der Waals surface area contributed by atoms with Gasteiger partial charge in [0.05, 0.1) is 0 Å². The predicted molar refractivity (Wildman–Crippen MR) is 43.4 cm³/mol. The van der Waals surface area contributed by atoms with Gasteiger partial charge in [0.15, 0.2) is 11.5 Å². The number of hydrogen-bond donors (Lipinski definition) is 1. The van der Waals surface area contributed by atoms with E-state index in [1.54, 1.807) is 0 Å². The maximum atomic E-state index is 11.0. The Balaban J connectivity index is 2.93. The van der Waals surface area contributed by atoms with E-state index in [0.717, 1.165) is 18.4 Å². The van der Waals surface area contributed by atoms with Crippen molar-refractivity contribution in [2.75, 3.05) is 0 Å². The lowest BCUT2D eigenvalue weighted by Gasteiger charge is -2.20. The lowest BCUT2D eigenvalue weighted by Crippen LogP contribution is -2.17. The van der Waals surface area contributed by atoms with Gasteiger partial charge in [0.2, 0.25) is 0 Å². The zero-order chi connectivity index (χ0) is 8.43. The van der Waals surface area contributed by atoms with Crippen LogP contribution in [0.1, 0.15) is 33.1 Å². The van der Waals surface area contributed by atoms with Crippen LogP contribution in [-0.2, 0) is 4.79 Å². The predicted octanol–water partition coefficient (Wildman–Crippen LogP) is 2.21. The molecule has 11 heavy (non-hydrogen) atoms. The summed E-state index contributed by atoms with van der Waals surface area (Å²) >= 11 is 0. The van der Waals surface area contributed by atoms with Crippen molar-refractivity contribution in [3.8, 4) is 0 Å². The smallest absolute Gasteiger partial charge is 0.197 e. The van der Waals surface area contributed by atoms with Crippen molar-refractivity contribution in [1.29, 1.82) is 0 Å². The summed E-state index contributed by atoms with van der Waals surface area (Å²) in [4.78, 5) is 11.0. The maximum Gasteiger partial charge on any atom is 0.197 e. The second-order valence-electron chi connectivity index (χ2n) is 3.09. The van der Waals surface area contributed by atoms with Crippen LogP contribution in [0.5, 0.6) is 0 Å². The van der Waals surface area contributed by atoms with Gasteiger partial charge in [0.25, 0.3) is 0 Å². The molecule has 2 nitrogen and oxygen atoms in total. The molecule has 1 N–H and O–H groups in total. The molecule has 0 saturated carbocycles. The van der Waals surface area contributed by atoms with Crippen molar-refractivity contribution in [2.24, 2.45) is 5.92 Å². The van der Waals surface area contributed by atoms with Gasteiger partial charge in [0.1, 0.15) is 0 Å². The van der Waals surface area contributed by atoms with Crippen LogP contribution in [-0.4, -0.2) is 10.9 Å². The van der Waals surface area contributed by atoms with E-state index in [1.807, 2.05) is 6.92 Å². The van der Waals surface area contributed by atoms with E-state index >= 15 is 0 Å². The van der Waals surface area contributed by atoms with Gasteiger partial charge in [-0.2, -0.15) is 0 Å². The van der Waals surface area contributed by atoms with Gasteiger partial charge in [-0.15, -0.1) is 0 Å². The van der Waals surface area contributed by atoms with Crippen LogP contribution in [0.4, 0.5) is 0 Å². The Bertz CT molecular complexity index is 204. The van der Waals surface area contributed by atoms with Gasteiger partial charge in [-0.1, -0.05) is 13.8 Å². The van der Waals surface area contributed by atoms with E-state index in [-0.39, 0.29) is 11.5 Å². The van der Waals surface area contributed by atoms with E-state index < -0.39 is 0 Å². The van der Waals surface area contributed by atoms with Gasteiger partial charge in [-0.05, 0) is 24.3 Å². The van der Waals surface area contributed by atoms with E-state index in [9.17, 15) is 9.90 Å². The van der Waals surface area contributed by atoms with Crippen LogP contribution in [0.2, 0.25) is 0 Å². The summed E-state index contributed by atoms with van der Waals surface area (Å²) < 4.78 is 0. The normalized spacial score (nSPS) is 26.0. The van der Waals surface area contributed by atoms with E-state index in [1.165, 1.54) is 0 Å². The monoisotopic (exact) mass is 154 g/mol. The first-order valence-electron chi connectivity index (χ1n) is 4.12. The second kappa shape index (κ2) is 3.07. The van der Waals surface area contributed by atoms with Gasteiger partial charge < -0.3 is 5.11 Å². The largest absolute Gasteiger partial charge is 0.504 e. The van der Waals surface area contributed by atoms with E-state index in [2.05, 4.69) is 6.92 Å². The van der Waals surface area contributed by atoms with Crippen molar-refractivity contribution < 1.29 is 9.90 Å². The standard InChI is InChI=1S/C9H14O2/c1-3-7-6(2)4-5-8(10)9(7)11/h6,11H,3-5H2,1-2H3. The number of Topliss-reactive ketones (excluding diaryl/α,β-unsaturated/α-hetero) is 1. The zero-order valence-electron chi connectivity index (χ0n) is 7.05. The molecule has 1 aliphatic carbocycles. The summed E-state index contributed by atoms with van der Waals surface area (Å²) in [5.41, 5.74) is 0.932. The summed E-state index contributed by atoms with van der Waals surface area (Å²) in [7, 11) is 0. The third-order valence-electron chi connectivity index (χ3n) is 2.35. The second-order valence-corrected chi connectivity index (χ2v) is 3.09. The molecule has 0 aromatic rings. The lowest BCUT2D eigenvalue weighted by atomic mass is 9.86. The van der Waals surface area contributed by atoms with Gasteiger partial charge >= 0.3 is 0 Å². The molecule has 1 unspecified atom stereocenters. The zero-order valence-corrected chi connectivity index (χ0v) is 7.05. The molecule has 0 radical (unpaired) electrons. The van der Waals surface area contributed by atoms with Gasteiger partial charge in [0, 0.05) is 6.42 Å². The summed E-state index contributed by atoms with van der Waals surface area (Å²) in [5.74, 6) is 0.337. The van der Waals surface area contributed by atoms with Crippen LogP contribution >= 0.6 is 0 Å². The Morgan fingerprint density at radius 2 is 2.27 bits per heavy atom. The lowest BCUT2D eigenvalue weighted by molar-refractivity contribution is -0.119. The Morgan fingerprint density at radius 3 is 2.73 bits per heavy atom. The molecule has 0 spiro atoms. The van der Waals surface area contributed by atoms with Crippen molar-refractivity contribution in [3.05, 3.63) is 11.3 Å². The van der Waals surface area contributed by atoms with Crippen LogP contribution in [0, 0.1) is 5.92 Å². The van der Waals surface area contributed by atoms with Crippen LogP contribution in [0.25, 0.3) is 0 Å². The Labute approximate surface area is 66.9 Å². The number of aliphatic hydroxyl groups excluding tert-OH is 1. The number of hydrogen-bond acceptors (Lipinski definition) is 2. The number of carbonyl (C=O) groups excluding carboxylic acids is 1. The summed E-state index contributed by atoms with van der Waals surface area (Å²) in [6.07, 6.45) is 2.20. The fraction of sp³-hybridized carbons (Fsp3) is 0.667. The van der Waals surface area contributed by atoms with Gasteiger partial charge in [-0.25, -0.2) is 0 Å². The summed E-state index contributed by atoms with van der Waals surface area (Å²) in [6.45, 7) is 4.03. The minimum atomic E-state index is -0.0834. The van der Waals surface area contributed by atoms with Gasteiger partial charge in [-0.3, -0.25) is 4.79 Å². The molecule has 0 aromatic carbocycles. The minimum Gasteiger partial charge on any atom is -0.504 e. The molecular weight excluding hydrogens is 140 g/mol. The van der Waals surface area contributed by atoms with Crippen molar-refractivity contribution in [2.45, 2.75) is 33.1 Å². The van der Waals surface area contributed by atoms with Crippen molar-refractivity contribution in [3.63, 3.8) is 0 Å². The molecular formula is C9H14O2. The molecule has 1 rings (SSSR count). The first kappa shape index (κ1) is 8.31. The summed E-state index contributed by atoms with van der Waals surface area (Å²) in [6, 6.07) is 0. The number of rotatable bonds is 1. The molecule has 62 valence electrons. The SMILES string of the molecule is CCC1=C(O)C(=O)CCC1C. The van der Waals surface area contributed by atoms with E-state index in [0.29, 0.717) is 12.3 Å². The highest BCUT2D eigenvalue weighted by atomic mass is 16.3. The van der Waals surface area contributed by atoms with Crippen LogP contribution in [0.3, 0.4) is 0 Å². The highest BCUT2D eigenvalue weighted by Gasteiger charge is 2.23. The number of ketones is 1. The first-order chi connectivity index (χ1) is 5.16. The maximum absolute atomic E-state index is 11.0. The molecule has 0 bridgehead atoms. The van der Waals surface area contributed by atoms with Crippen molar-refractivity contribution in [1.82, 2.24) is 0 Å². The number of allylic oxidation sites excluding steroid dienone is 2. The molecule has 0 fully saturated rings. The van der Waals surface area contributed by atoms with Crippen molar-refractivity contribution >= 4 is 5.78 Å². The molecule has 1 atom stereocenters. The third kappa shape index (κ3) is 1.44. The fourth-order valence-electron chi connectivity index (χ4n) is 1.57. The minimum absolute atomic E-state index is 0.0336. The summed E-state index contributed by atoms with van der Waals surface area (Å²) in [5, 5.41) is 9.34. The van der Waals surface area contributed by atoms with E-state index in [4.69, 9.17) is 0 Å². The van der Waals surface area contributed by atoms with Crippen LogP contribution in [0.15, 0.2) is 11.3 Å². The average molecular weight is 154 g/mol. The molecule has 0 amide bonds. The quantitative estimate of drug-likeness (QED) is 0.628. The number of carbonyl (C=O) groups is 1. The topological polar surface area (TPSA) is 37.3 Å². The Morgan fingerprint density at radius 1 is 1.64 bits per heavy atom. The van der Waals surface area contributed by atoms with Crippen LogP contribution < -0.4 is 0 Å². The molecule has 1 aliphatic rings. The average Bonchev–Trinajstić information content (AvgIpc) is 1.99. The third-order valence-corrected chi connectivity index (χ3v) is 2.35. The highest BCUT2D eigenvalue weighted by molar-refractivity contribution is 5.94. The highest BCUT2D eigenvalue weighted by Crippen LogP contribution is 2.28. The molecule has 0 saturated heterocycles.